The minimum atomic E-state index is -3.59. The molecule has 2 aromatic rings. The molecule has 0 unspecified atom stereocenters. The molecule has 24 heavy (non-hydrogen) atoms. The molecule has 0 saturated heterocycles. The molecule has 0 amide bonds. The normalized spacial score (nSPS) is 17.4. The maximum absolute atomic E-state index is 13.0. The van der Waals surface area contributed by atoms with Crippen LogP contribution in [0.1, 0.15) is 41.1 Å². The molecule has 0 bridgehead atoms. The van der Waals surface area contributed by atoms with Crippen LogP contribution >= 0.6 is 0 Å². The standard InChI is InChI=1S/C19H23NO3S/c1-13-11-16(23-3)12-14(2)19(13)24(21,22)20-18-10-6-8-15-7-4-5-9-17(15)18/h4-5,7,9,11-12,18,20H,6,8,10H2,1-3H3/t18-/m0/s1. The largest absolute Gasteiger partial charge is 0.497 e. The smallest absolute Gasteiger partial charge is 0.241 e. The van der Waals surface area contributed by atoms with E-state index in [-0.39, 0.29) is 6.04 Å². The van der Waals surface area contributed by atoms with Crippen molar-refractivity contribution in [3.05, 3.63) is 58.7 Å². The Bertz CT molecular complexity index is 836. The van der Waals surface area contributed by atoms with Gasteiger partial charge < -0.3 is 4.74 Å². The third-order valence-electron chi connectivity index (χ3n) is 4.61. The number of sulfonamides is 1. The Morgan fingerprint density at radius 3 is 2.46 bits per heavy atom. The van der Waals surface area contributed by atoms with Gasteiger partial charge >= 0.3 is 0 Å². The van der Waals surface area contributed by atoms with Crippen LogP contribution in [0.15, 0.2) is 41.3 Å². The highest BCUT2D eigenvalue weighted by molar-refractivity contribution is 7.89. The molecule has 1 atom stereocenters. The van der Waals surface area contributed by atoms with Gasteiger partial charge in [-0.3, -0.25) is 0 Å². The second kappa shape index (κ2) is 6.57. The fraction of sp³-hybridized carbons (Fsp3) is 0.368. The summed E-state index contributed by atoms with van der Waals surface area (Å²) in [5, 5.41) is 0. The van der Waals surface area contributed by atoms with Gasteiger partial charge in [0.1, 0.15) is 5.75 Å². The van der Waals surface area contributed by atoms with Crippen LogP contribution in [0.2, 0.25) is 0 Å². The molecule has 3 rings (SSSR count). The van der Waals surface area contributed by atoms with E-state index in [9.17, 15) is 8.42 Å². The first kappa shape index (κ1) is 17.0. The molecular formula is C19H23NO3S. The summed E-state index contributed by atoms with van der Waals surface area (Å²) in [6, 6.07) is 11.4. The molecule has 2 aromatic carbocycles. The van der Waals surface area contributed by atoms with Crippen LogP contribution in [0.4, 0.5) is 0 Å². The van der Waals surface area contributed by atoms with E-state index in [1.165, 1.54) is 5.56 Å². The highest BCUT2D eigenvalue weighted by Crippen LogP contribution is 2.32. The Balaban J connectivity index is 1.96. The molecule has 0 radical (unpaired) electrons. The molecule has 4 nitrogen and oxygen atoms in total. The number of fused-ring (bicyclic) bond motifs is 1. The predicted molar refractivity (Wildman–Crippen MR) is 94.9 cm³/mol. The second-order valence-electron chi connectivity index (χ2n) is 6.36. The summed E-state index contributed by atoms with van der Waals surface area (Å²) in [4.78, 5) is 0.353. The topological polar surface area (TPSA) is 55.4 Å². The van der Waals surface area contributed by atoms with Gasteiger partial charge in [0.25, 0.3) is 0 Å². The number of aryl methyl sites for hydroxylation is 3. The van der Waals surface area contributed by atoms with Crippen molar-refractivity contribution in [3.63, 3.8) is 0 Å². The third kappa shape index (κ3) is 3.19. The van der Waals surface area contributed by atoms with Crippen LogP contribution in [0, 0.1) is 13.8 Å². The van der Waals surface area contributed by atoms with Crippen LogP contribution in [0.5, 0.6) is 5.75 Å². The molecule has 128 valence electrons. The summed E-state index contributed by atoms with van der Waals surface area (Å²) >= 11 is 0. The lowest BCUT2D eigenvalue weighted by molar-refractivity contribution is 0.413. The number of nitrogens with one attached hydrogen (secondary N) is 1. The Hall–Kier alpha value is -1.85. The first-order valence-corrected chi connectivity index (χ1v) is 9.66. The molecular weight excluding hydrogens is 322 g/mol. The van der Waals surface area contributed by atoms with Crippen LogP contribution in [0.3, 0.4) is 0 Å². The van der Waals surface area contributed by atoms with Crippen molar-refractivity contribution in [1.29, 1.82) is 0 Å². The average Bonchev–Trinajstić information content (AvgIpc) is 2.54. The van der Waals surface area contributed by atoms with Crippen molar-refractivity contribution >= 4 is 10.0 Å². The van der Waals surface area contributed by atoms with Crippen LogP contribution in [-0.2, 0) is 16.4 Å². The number of methoxy groups -OCH3 is 1. The van der Waals surface area contributed by atoms with Crippen molar-refractivity contribution in [1.82, 2.24) is 4.72 Å². The fourth-order valence-electron chi connectivity index (χ4n) is 3.57. The van der Waals surface area contributed by atoms with E-state index in [1.807, 2.05) is 18.2 Å². The number of ether oxygens (including phenoxy) is 1. The number of rotatable bonds is 4. The van der Waals surface area contributed by atoms with E-state index in [0.29, 0.717) is 21.8 Å². The van der Waals surface area contributed by atoms with Crippen LogP contribution < -0.4 is 9.46 Å². The zero-order chi connectivity index (χ0) is 17.3. The van der Waals surface area contributed by atoms with E-state index in [0.717, 1.165) is 24.8 Å². The van der Waals surface area contributed by atoms with Gasteiger partial charge in [0.15, 0.2) is 0 Å². The van der Waals surface area contributed by atoms with E-state index >= 15 is 0 Å². The summed E-state index contributed by atoms with van der Waals surface area (Å²) < 4.78 is 34.1. The fourth-order valence-corrected chi connectivity index (χ4v) is 5.28. The second-order valence-corrected chi connectivity index (χ2v) is 8.01. The Kier molecular flexibility index (Phi) is 4.65. The molecule has 1 aliphatic carbocycles. The van der Waals surface area contributed by atoms with Crippen molar-refractivity contribution in [2.24, 2.45) is 0 Å². The van der Waals surface area contributed by atoms with Gasteiger partial charge in [-0.05, 0) is 67.5 Å². The molecule has 0 saturated carbocycles. The zero-order valence-corrected chi connectivity index (χ0v) is 15.1. The van der Waals surface area contributed by atoms with Gasteiger partial charge in [0.05, 0.1) is 12.0 Å². The molecule has 0 heterocycles. The monoisotopic (exact) mass is 345 g/mol. The van der Waals surface area contributed by atoms with E-state index in [4.69, 9.17) is 4.74 Å². The third-order valence-corrected chi connectivity index (χ3v) is 6.38. The maximum atomic E-state index is 13.0. The molecule has 0 spiro atoms. The van der Waals surface area contributed by atoms with Crippen molar-refractivity contribution < 1.29 is 13.2 Å². The van der Waals surface area contributed by atoms with Crippen molar-refractivity contribution in [3.8, 4) is 5.75 Å². The van der Waals surface area contributed by atoms with Gasteiger partial charge in [-0.15, -0.1) is 0 Å². The summed E-state index contributed by atoms with van der Waals surface area (Å²) in [7, 11) is -2.01. The molecule has 5 heteroatoms. The number of hydrogen-bond donors (Lipinski definition) is 1. The van der Waals surface area contributed by atoms with Gasteiger partial charge in [-0.25, -0.2) is 13.1 Å². The minimum absolute atomic E-state index is 0.166. The first-order valence-electron chi connectivity index (χ1n) is 8.18. The number of benzene rings is 2. The van der Waals surface area contributed by atoms with Gasteiger partial charge in [0, 0.05) is 6.04 Å². The molecule has 0 fully saturated rings. The lowest BCUT2D eigenvalue weighted by Crippen LogP contribution is -2.32. The lowest BCUT2D eigenvalue weighted by Gasteiger charge is -2.27. The van der Waals surface area contributed by atoms with Gasteiger partial charge in [-0.2, -0.15) is 0 Å². The van der Waals surface area contributed by atoms with Crippen LogP contribution in [0.25, 0.3) is 0 Å². The van der Waals surface area contributed by atoms with E-state index in [2.05, 4.69) is 10.8 Å². The summed E-state index contributed by atoms with van der Waals surface area (Å²) in [6.45, 7) is 3.61. The lowest BCUT2D eigenvalue weighted by atomic mass is 9.88. The quantitative estimate of drug-likeness (QED) is 0.920. The minimum Gasteiger partial charge on any atom is -0.497 e. The van der Waals surface area contributed by atoms with Crippen molar-refractivity contribution in [2.45, 2.75) is 44.0 Å². The maximum Gasteiger partial charge on any atom is 0.241 e. The number of hydrogen-bond acceptors (Lipinski definition) is 3. The first-order chi connectivity index (χ1) is 11.4. The Morgan fingerprint density at radius 1 is 1.12 bits per heavy atom. The molecule has 0 aliphatic heterocycles. The van der Waals surface area contributed by atoms with E-state index < -0.39 is 10.0 Å². The van der Waals surface area contributed by atoms with Crippen molar-refractivity contribution in [2.75, 3.05) is 7.11 Å². The summed E-state index contributed by atoms with van der Waals surface area (Å²) in [5.41, 5.74) is 3.72. The Morgan fingerprint density at radius 2 is 1.79 bits per heavy atom. The van der Waals surface area contributed by atoms with Gasteiger partial charge in [-0.1, -0.05) is 24.3 Å². The zero-order valence-electron chi connectivity index (χ0n) is 14.3. The predicted octanol–water partition coefficient (Wildman–Crippen LogP) is 3.67. The highest BCUT2D eigenvalue weighted by Gasteiger charge is 2.27. The van der Waals surface area contributed by atoms with Gasteiger partial charge in [0.2, 0.25) is 10.0 Å². The SMILES string of the molecule is COc1cc(C)c(S(=O)(=O)N[C@H]2CCCc3ccccc32)c(C)c1. The van der Waals surface area contributed by atoms with E-state index in [1.54, 1.807) is 33.1 Å². The molecule has 1 aliphatic rings. The van der Waals surface area contributed by atoms with Crippen LogP contribution in [-0.4, -0.2) is 15.5 Å². The molecule has 1 N–H and O–H groups in total. The molecule has 0 aromatic heterocycles. The average molecular weight is 345 g/mol. The highest BCUT2D eigenvalue weighted by atomic mass is 32.2. The summed E-state index contributed by atoms with van der Waals surface area (Å²) in [6.07, 6.45) is 2.82. The Labute approximate surface area is 143 Å². The summed E-state index contributed by atoms with van der Waals surface area (Å²) in [5.74, 6) is 0.673.